The number of carbonyl (C=O) groups is 1. The van der Waals surface area contributed by atoms with Crippen molar-refractivity contribution in [3.63, 3.8) is 0 Å². The highest BCUT2D eigenvalue weighted by molar-refractivity contribution is 7.82. The van der Waals surface area contributed by atoms with E-state index in [1.54, 1.807) is 18.2 Å². The van der Waals surface area contributed by atoms with E-state index in [0.29, 0.717) is 5.69 Å². The van der Waals surface area contributed by atoms with Crippen molar-refractivity contribution in [3.8, 4) is 5.75 Å². The van der Waals surface area contributed by atoms with E-state index in [1.165, 1.54) is 0 Å². The average molecular weight is 361 g/mol. The topological polar surface area (TPSA) is 84.7 Å². The summed E-state index contributed by atoms with van der Waals surface area (Å²) in [6.45, 7) is 6.73. The molecule has 0 fully saturated rings. The molecule has 2 rings (SSSR count). The van der Waals surface area contributed by atoms with E-state index in [9.17, 15) is 9.00 Å². The van der Waals surface area contributed by atoms with Crippen molar-refractivity contribution in [1.29, 1.82) is 0 Å². The predicted molar refractivity (Wildman–Crippen MR) is 102 cm³/mol. The summed E-state index contributed by atoms with van der Waals surface area (Å²) in [4.78, 5) is 13.6. The highest BCUT2D eigenvalue weighted by atomic mass is 32.2. The third-order valence-corrected chi connectivity index (χ3v) is 4.60. The highest BCUT2D eigenvalue weighted by Gasteiger charge is 2.14. The quantitative estimate of drug-likeness (QED) is 0.794. The van der Waals surface area contributed by atoms with Crippen molar-refractivity contribution >= 4 is 28.5 Å². The van der Waals surface area contributed by atoms with E-state index >= 15 is 0 Å². The number of nitrogens with one attached hydrogen (secondary N) is 1. The maximum Gasteiger partial charge on any atom is 0.316 e. The van der Waals surface area contributed by atoms with Gasteiger partial charge in [0.05, 0.1) is 11.3 Å². The minimum Gasteiger partial charge on any atom is -0.384 e. The van der Waals surface area contributed by atoms with E-state index < -0.39 is 17.2 Å². The molecule has 3 N–H and O–H groups in total. The molecular weight excluding hydrogens is 338 g/mol. The van der Waals surface area contributed by atoms with E-state index in [4.69, 9.17) is 9.92 Å². The Morgan fingerprint density at radius 3 is 2.56 bits per heavy atom. The lowest BCUT2D eigenvalue weighted by atomic mass is 10.1. The maximum atomic E-state index is 12.3. The van der Waals surface area contributed by atoms with Crippen LogP contribution in [0.25, 0.3) is 0 Å². The van der Waals surface area contributed by atoms with Crippen molar-refractivity contribution < 1.29 is 13.2 Å². The number of amides is 1. The van der Waals surface area contributed by atoms with Gasteiger partial charge in [0.25, 0.3) is 5.91 Å². The molecule has 0 radical (unpaired) electrons. The van der Waals surface area contributed by atoms with Gasteiger partial charge >= 0.3 is 11.3 Å². The summed E-state index contributed by atoms with van der Waals surface area (Å²) in [6.07, 6.45) is 0. The maximum absolute atomic E-state index is 12.3. The first-order valence-electron chi connectivity index (χ1n) is 7.90. The molecule has 0 spiro atoms. The van der Waals surface area contributed by atoms with Crippen LogP contribution in [0.15, 0.2) is 36.4 Å². The molecule has 0 aliphatic rings. The number of anilines is 2. The molecular formula is C18H23N3O3S. The van der Waals surface area contributed by atoms with Crippen LogP contribution >= 0.6 is 0 Å². The third-order valence-electron chi connectivity index (χ3n) is 3.88. The lowest BCUT2D eigenvalue weighted by Crippen LogP contribution is -2.18. The molecule has 0 bridgehead atoms. The molecule has 0 saturated heterocycles. The van der Waals surface area contributed by atoms with Crippen LogP contribution in [0.1, 0.15) is 28.4 Å². The molecule has 0 heterocycles. The fourth-order valence-corrected chi connectivity index (χ4v) is 3.04. The van der Waals surface area contributed by atoms with Crippen LogP contribution in [0.3, 0.4) is 0 Å². The van der Waals surface area contributed by atoms with Crippen molar-refractivity contribution in [2.24, 2.45) is 5.73 Å². The normalized spacial score (nSPS) is 11.7. The molecule has 0 aromatic heterocycles. The zero-order valence-corrected chi connectivity index (χ0v) is 15.6. The van der Waals surface area contributed by atoms with Gasteiger partial charge in [-0.1, -0.05) is 11.6 Å². The van der Waals surface area contributed by atoms with Crippen molar-refractivity contribution in [2.45, 2.75) is 20.8 Å². The van der Waals surface area contributed by atoms with Crippen LogP contribution in [0.2, 0.25) is 0 Å². The summed E-state index contributed by atoms with van der Waals surface area (Å²) < 4.78 is 20.5. The molecule has 134 valence electrons. The number of hydrogen-bond donors (Lipinski definition) is 2. The standard InChI is InChI=1S/C18H23N3O3S/c1-5-21(4)14-7-8-16(13(3)11-14)20-25(23)24-17-9-6-12(2)10-15(17)18(19)22/h6-11,20H,5H2,1-4H3,(H2,19,22). The molecule has 2 aromatic carbocycles. The summed E-state index contributed by atoms with van der Waals surface area (Å²) >= 11 is -1.86. The second-order valence-corrected chi connectivity index (χ2v) is 6.64. The van der Waals surface area contributed by atoms with Gasteiger partial charge in [0.1, 0.15) is 0 Å². The van der Waals surface area contributed by atoms with Gasteiger partial charge in [-0.2, -0.15) is 4.21 Å². The van der Waals surface area contributed by atoms with Gasteiger partial charge in [-0.3, -0.25) is 9.52 Å². The number of primary amides is 1. The van der Waals surface area contributed by atoms with Gasteiger partial charge in [0, 0.05) is 19.3 Å². The van der Waals surface area contributed by atoms with Gasteiger partial charge in [-0.25, -0.2) is 0 Å². The third kappa shape index (κ3) is 4.73. The van der Waals surface area contributed by atoms with Crippen LogP contribution in [0.4, 0.5) is 11.4 Å². The smallest absolute Gasteiger partial charge is 0.316 e. The molecule has 1 unspecified atom stereocenters. The number of benzene rings is 2. The largest absolute Gasteiger partial charge is 0.384 e. The number of nitrogens with two attached hydrogens (primary N) is 1. The van der Waals surface area contributed by atoms with E-state index in [-0.39, 0.29) is 11.3 Å². The minimum absolute atomic E-state index is 0.184. The predicted octanol–water partition coefficient (Wildman–Crippen LogP) is 2.93. The fourth-order valence-electron chi connectivity index (χ4n) is 2.28. The van der Waals surface area contributed by atoms with Crippen molar-refractivity contribution in [1.82, 2.24) is 0 Å². The summed E-state index contributed by atoms with van der Waals surface area (Å²) in [5.41, 5.74) is 9.13. The van der Waals surface area contributed by atoms with E-state index in [2.05, 4.69) is 16.5 Å². The number of hydrogen-bond acceptors (Lipinski definition) is 4. The monoisotopic (exact) mass is 361 g/mol. The summed E-state index contributed by atoms with van der Waals surface area (Å²) in [5, 5.41) is 0. The second kappa shape index (κ2) is 8.02. The summed E-state index contributed by atoms with van der Waals surface area (Å²) in [7, 11) is 2.01. The minimum atomic E-state index is -1.86. The van der Waals surface area contributed by atoms with Gasteiger partial charge in [-0.15, -0.1) is 0 Å². The molecule has 7 heteroatoms. The van der Waals surface area contributed by atoms with Crippen molar-refractivity contribution in [2.75, 3.05) is 23.2 Å². The number of carbonyl (C=O) groups excluding carboxylic acids is 1. The Morgan fingerprint density at radius 2 is 1.96 bits per heavy atom. The molecule has 6 nitrogen and oxygen atoms in total. The molecule has 0 aliphatic carbocycles. The molecule has 1 amide bonds. The Labute approximate surface area is 150 Å². The zero-order chi connectivity index (χ0) is 18.6. The molecule has 1 atom stereocenters. The number of rotatable bonds is 7. The van der Waals surface area contributed by atoms with Crippen LogP contribution < -0.4 is 19.5 Å². The Kier molecular flexibility index (Phi) is 6.03. The molecule has 25 heavy (non-hydrogen) atoms. The van der Waals surface area contributed by atoms with Gasteiger partial charge in [0.15, 0.2) is 5.75 Å². The first kappa shape index (κ1) is 18.8. The highest BCUT2D eigenvalue weighted by Crippen LogP contribution is 2.24. The SMILES string of the molecule is CCN(C)c1ccc(NS(=O)Oc2ccc(C)cc2C(N)=O)c(C)c1. The fraction of sp³-hybridized carbons (Fsp3) is 0.278. The van der Waals surface area contributed by atoms with Gasteiger partial charge in [0.2, 0.25) is 0 Å². The molecule has 2 aromatic rings. The Bertz CT molecular complexity index is 808. The summed E-state index contributed by atoms with van der Waals surface area (Å²) in [6, 6.07) is 10.7. The Hall–Kier alpha value is -2.54. The Morgan fingerprint density at radius 1 is 1.24 bits per heavy atom. The van der Waals surface area contributed by atoms with Crippen LogP contribution in [0, 0.1) is 13.8 Å². The average Bonchev–Trinajstić information content (AvgIpc) is 2.57. The summed E-state index contributed by atoms with van der Waals surface area (Å²) in [5.74, 6) is -0.442. The van der Waals surface area contributed by atoms with Crippen LogP contribution in [-0.4, -0.2) is 23.7 Å². The van der Waals surface area contributed by atoms with Gasteiger partial charge in [-0.05, 0) is 56.7 Å². The molecule has 0 aliphatic heterocycles. The van der Waals surface area contributed by atoms with Crippen LogP contribution in [0.5, 0.6) is 5.75 Å². The Balaban J connectivity index is 2.15. The second-order valence-electron chi connectivity index (χ2n) is 5.80. The first-order chi connectivity index (χ1) is 11.8. The number of nitrogens with zero attached hydrogens (tertiary/aromatic N) is 1. The van der Waals surface area contributed by atoms with Crippen LogP contribution in [-0.2, 0) is 11.3 Å². The van der Waals surface area contributed by atoms with E-state index in [1.807, 2.05) is 39.1 Å². The van der Waals surface area contributed by atoms with E-state index in [0.717, 1.165) is 23.4 Å². The first-order valence-corrected chi connectivity index (χ1v) is 8.98. The van der Waals surface area contributed by atoms with Crippen molar-refractivity contribution in [3.05, 3.63) is 53.1 Å². The lowest BCUT2D eigenvalue weighted by molar-refractivity contribution is 0.0999. The lowest BCUT2D eigenvalue weighted by Gasteiger charge is -2.18. The van der Waals surface area contributed by atoms with Gasteiger partial charge < -0.3 is 14.8 Å². The number of aryl methyl sites for hydroxylation is 2. The zero-order valence-electron chi connectivity index (χ0n) is 14.8. The molecule has 0 saturated carbocycles.